The van der Waals surface area contributed by atoms with Gasteiger partial charge < -0.3 is 15.7 Å². The van der Waals surface area contributed by atoms with Gasteiger partial charge in [-0.25, -0.2) is 4.79 Å². The number of rotatable bonds is 5. The first kappa shape index (κ1) is 16.0. The zero-order chi connectivity index (χ0) is 15.5. The number of carboxylic acid groups (broad SMARTS) is 1. The van der Waals surface area contributed by atoms with Gasteiger partial charge in [0.25, 0.3) is 0 Å². The fourth-order valence-electron chi connectivity index (χ4n) is 2.98. The average molecular weight is 290 g/mol. The molecule has 2 rings (SSSR count). The Hall–Kier alpha value is -1.39. The fraction of sp³-hybridized carbons (Fsp3) is 0.588. The van der Waals surface area contributed by atoms with Crippen LogP contribution in [0.4, 0.5) is 0 Å². The van der Waals surface area contributed by atoms with E-state index >= 15 is 0 Å². The normalized spacial score (nSPS) is 21.7. The highest BCUT2D eigenvalue weighted by molar-refractivity contribution is 5.80. The van der Waals surface area contributed by atoms with Crippen molar-refractivity contribution < 1.29 is 9.90 Å². The van der Waals surface area contributed by atoms with E-state index in [0.29, 0.717) is 17.5 Å². The van der Waals surface area contributed by atoms with Gasteiger partial charge in [0.15, 0.2) is 5.54 Å². The maximum atomic E-state index is 11.7. The van der Waals surface area contributed by atoms with E-state index < -0.39 is 11.5 Å². The van der Waals surface area contributed by atoms with Gasteiger partial charge in [-0.15, -0.1) is 0 Å². The molecule has 1 aromatic rings. The largest absolute Gasteiger partial charge is 0.480 e. The summed E-state index contributed by atoms with van der Waals surface area (Å²) < 4.78 is 0. The summed E-state index contributed by atoms with van der Waals surface area (Å²) in [4.78, 5) is 13.9. The molecule has 3 N–H and O–H groups in total. The molecule has 0 spiro atoms. The number of carboxylic acids is 1. The highest BCUT2D eigenvalue weighted by Gasteiger charge is 2.39. The molecule has 0 amide bonds. The van der Waals surface area contributed by atoms with Gasteiger partial charge >= 0.3 is 5.97 Å². The summed E-state index contributed by atoms with van der Waals surface area (Å²) in [5.41, 5.74) is 5.98. The number of nitrogens with two attached hydrogens (primary N) is 1. The lowest BCUT2D eigenvalue weighted by atomic mass is 9.77. The molecule has 0 bridgehead atoms. The molecule has 1 atom stereocenters. The summed E-state index contributed by atoms with van der Waals surface area (Å²) in [5.74, 6) is -0.961. The van der Waals surface area contributed by atoms with Crippen molar-refractivity contribution in [3.63, 3.8) is 0 Å². The van der Waals surface area contributed by atoms with Gasteiger partial charge in [0.05, 0.1) is 0 Å². The van der Waals surface area contributed by atoms with E-state index in [4.69, 9.17) is 5.73 Å². The first-order valence-corrected chi connectivity index (χ1v) is 7.70. The summed E-state index contributed by atoms with van der Waals surface area (Å²) in [7, 11) is 0. The molecule has 4 heteroatoms. The number of aliphatic carboxylic acids is 1. The Morgan fingerprint density at radius 1 is 1.33 bits per heavy atom. The third-order valence-corrected chi connectivity index (χ3v) is 5.06. The SMILES string of the molecule is CCC1(C)CCN(CC(N)(C(=O)O)c2ccccc2)CC1. The van der Waals surface area contributed by atoms with Crippen molar-refractivity contribution in [3.8, 4) is 0 Å². The standard InChI is InChI=1S/C17H26N2O2/c1-3-16(2)9-11-19(12-10-16)13-17(18,15(20)21)14-7-5-4-6-8-14/h4-8H,3,9-13,18H2,1-2H3,(H,20,21). The number of nitrogens with zero attached hydrogens (tertiary/aromatic N) is 1. The third kappa shape index (κ3) is 3.44. The zero-order valence-electron chi connectivity index (χ0n) is 13.0. The van der Waals surface area contributed by atoms with Crippen LogP contribution in [-0.2, 0) is 10.3 Å². The molecule has 0 saturated carbocycles. The lowest BCUT2D eigenvalue weighted by Crippen LogP contribution is -2.55. The van der Waals surface area contributed by atoms with Crippen LogP contribution in [0.5, 0.6) is 0 Å². The first-order valence-electron chi connectivity index (χ1n) is 7.70. The first-order chi connectivity index (χ1) is 9.89. The molecule has 0 aromatic heterocycles. The molecule has 1 unspecified atom stereocenters. The molecule has 116 valence electrons. The highest BCUT2D eigenvalue weighted by Crippen LogP contribution is 2.34. The fourth-order valence-corrected chi connectivity index (χ4v) is 2.98. The quantitative estimate of drug-likeness (QED) is 0.874. The topological polar surface area (TPSA) is 66.6 Å². The van der Waals surface area contributed by atoms with Gasteiger partial charge in [-0.2, -0.15) is 0 Å². The lowest BCUT2D eigenvalue weighted by molar-refractivity contribution is -0.144. The molecule has 1 aromatic carbocycles. The van der Waals surface area contributed by atoms with E-state index in [-0.39, 0.29) is 0 Å². The van der Waals surface area contributed by atoms with Crippen molar-refractivity contribution in [1.29, 1.82) is 0 Å². The molecule has 0 radical (unpaired) electrons. The number of hydrogen-bond donors (Lipinski definition) is 2. The van der Waals surface area contributed by atoms with E-state index in [0.717, 1.165) is 25.9 Å². The second-order valence-electron chi connectivity index (χ2n) is 6.58. The zero-order valence-corrected chi connectivity index (χ0v) is 13.0. The van der Waals surface area contributed by atoms with E-state index in [9.17, 15) is 9.90 Å². The highest BCUT2D eigenvalue weighted by atomic mass is 16.4. The maximum absolute atomic E-state index is 11.7. The molecular weight excluding hydrogens is 264 g/mol. The smallest absolute Gasteiger partial charge is 0.329 e. The Morgan fingerprint density at radius 2 is 1.90 bits per heavy atom. The van der Waals surface area contributed by atoms with Crippen LogP contribution in [0.2, 0.25) is 0 Å². The maximum Gasteiger partial charge on any atom is 0.329 e. The Kier molecular flexibility index (Phi) is 4.69. The molecule has 1 fully saturated rings. The van der Waals surface area contributed by atoms with Crippen LogP contribution in [0.3, 0.4) is 0 Å². The number of benzene rings is 1. The van der Waals surface area contributed by atoms with E-state index in [1.54, 1.807) is 12.1 Å². The molecule has 1 aliphatic rings. The van der Waals surface area contributed by atoms with Crippen molar-refractivity contribution in [2.75, 3.05) is 19.6 Å². The summed E-state index contributed by atoms with van der Waals surface area (Å²) in [6.07, 6.45) is 3.38. The van der Waals surface area contributed by atoms with E-state index in [1.807, 2.05) is 18.2 Å². The molecule has 0 aliphatic carbocycles. The van der Waals surface area contributed by atoms with Gasteiger partial charge in [0.2, 0.25) is 0 Å². The van der Waals surface area contributed by atoms with Gasteiger partial charge in [-0.1, -0.05) is 50.6 Å². The molecule has 21 heavy (non-hydrogen) atoms. The van der Waals surface area contributed by atoms with E-state index in [1.165, 1.54) is 6.42 Å². The second-order valence-corrected chi connectivity index (χ2v) is 6.58. The predicted octanol–water partition coefficient (Wildman–Crippen LogP) is 2.44. The minimum Gasteiger partial charge on any atom is -0.480 e. The summed E-state index contributed by atoms with van der Waals surface area (Å²) in [6.45, 7) is 6.75. The number of carbonyl (C=O) groups is 1. The van der Waals surface area contributed by atoms with Crippen LogP contribution in [0.25, 0.3) is 0 Å². The Morgan fingerprint density at radius 3 is 2.38 bits per heavy atom. The van der Waals surface area contributed by atoms with Gasteiger partial charge in [-0.3, -0.25) is 0 Å². The molecule has 4 nitrogen and oxygen atoms in total. The summed E-state index contributed by atoms with van der Waals surface area (Å²) in [6, 6.07) is 9.15. The van der Waals surface area contributed by atoms with E-state index in [2.05, 4.69) is 18.7 Å². The second kappa shape index (κ2) is 6.16. The Bertz CT molecular complexity index is 481. The number of likely N-dealkylation sites (tertiary alicyclic amines) is 1. The van der Waals surface area contributed by atoms with Crippen LogP contribution in [-0.4, -0.2) is 35.6 Å². The van der Waals surface area contributed by atoms with Crippen LogP contribution >= 0.6 is 0 Å². The van der Waals surface area contributed by atoms with Crippen LogP contribution < -0.4 is 5.73 Å². The van der Waals surface area contributed by atoms with Crippen molar-refractivity contribution in [2.45, 2.75) is 38.6 Å². The molecule has 1 heterocycles. The van der Waals surface area contributed by atoms with Crippen LogP contribution in [0.15, 0.2) is 30.3 Å². The third-order valence-electron chi connectivity index (χ3n) is 5.06. The monoisotopic (exact) mass is 290 g/mol. The minimum atomic E-state index is -1.33. The lowest BCUT2D eigenvalue weighted by Gasteiger charge is -2.41. The van der Waals surface area contributed by atoms with Crippen molar-refractivity contribution >= 4 is 5.97 Å². The van der Waals surface area contributed by atoms with Crippen molar-refractivity contribution in [2.24, 2.45) is 11.1 Å². The molecular formula is C17H26N2O2. The summed E-state index contributed by atoms with van der Waals surface area (Å²) >= 11 is 0. The molecule has 1 saturated heterocycles. The van der Waals surface area contributed by atoms with Gasteiger partial charge in [0.1, 0.15) is 0 Å². The van der Waals surface area contributed by atoms with Gasteiger partial charge in [0, 0.05) is 6.54 Å². The van der Waals surface area contributed by atoms with Gasteiger partial charge in [-0.05, 0) is 36.9 Å². The van der Waals surface area contributed by atoms with Crippen LogP contribution in [0.1, 0.15) is 38.7 Å². The number of piperidine rings is 1. The minimum absolute atomic E-state index is 0.367. The number of hydrogen-bond acceptors (Lipinski definition) is 3. The Balaban J connectivity index is 2.10. The predicted molar refractivity (Wildman–Crippen MR) is 84.0 cm³/mol. The average Bonchev–Trinajstić information content (AvgIpc) is 2.50. The van der Waals surface area contributed by atoms with Crippen molar-refractivity contribution in [3.05, 3.63) is 35.9 Å². The summed E-state index contributed by atoms with van der Waals surface area (Å²) in [5, 5.41) is 9.61. The Labute approximate surface area is 126 Å². The van der Waals surface area contributed by atoms with Crippen molar-refractivity contribution in [1.82, 2.24) is 4.90 Å². The molecule has 1 aliphatic heterocycles. The van der Waals surface area contributed by atoms with Crippen LogP contribution in [0, 0.1) is 5.41 Å².